The molecular weight excluding hydrogens is 350 g/mol. The first-order chi connectivity index (χ1) is 11.3. The number of imidazole rings is 2. The Labute approximate surface area is 140 Å². The average molecular weight is 362 g/mol. The maximum atomic E-state index is 4.87. The minimum absolute atomic E-state index is 0.930. The lowest BCUT2D eigenvalue weighted by Crippen LogP contribution is -1.95. The molecule has 0 aliphatic carbocycles. The van der Waals surface area contributed by atoms with Crippen LogP contribution in [0.1, 0.15) is 0 Å². The van der Waals surface area contributed by atoms with E-state index in [-0.39, 0.29) is 0 Å². The van der Waals surface area contributed by atoms with Gasteiger partial charge < -0.3 is 0 Å². The van der Waals surface area contributed by atoms with Crippen molar-refractivity contribution in [2.75, 3.05) is 0 Å². The zero-order valence-electron chi connectivity index (χ0n) is 12.1. The molecule has 2 heterocycles. The largest absolute Gasteiger partial charge is 0.277 e. The number of benzene rings is 3. The van der Waals surface area contributed by atoms with Crippen molar-refractivity contribution in [3.8, 4) is 5.69 Å². The van der Waals surface area contributed by atoms with Gasteiger partial charge in [0.2, 0.25) is 5.78 Å². The van der Waals surface area contributed by atoms with Crippen LogP contribution in [0.4, 0.5) is 0 Å². The fourth-order valence-corrected chi connectivity index (χ4v) is 3.68. The van der Waals surface area contributed by atoms with Gasteiger partial charge in [-0.15, -0.1) is 0 Å². The summed E-state index contributed by atoms with van der Waals surface area (Å²) in [5.74, 6) is 0.930. The number of nitrogens with zero attached hydrogens (tertiary/aromatic N) is 3. The quantitative estimate of drug-likeness (QED) is 0.402. The van der Waals surface area contributed by atoms with Crippen molar-refractivity contribution >= 4 is 43.8 Å². The van der Waals surface area contributed by atoms with Crippen molar-refractivity contribution in [1.82, 2.24) is 14.0 Å². The smallest absolute Gasteiger partial charge is 0.220 e. The fourth-order valence-electron chi connectivity index (χ4n) is 3.22. The molecule has 0 radical (unpaired) electrons. The van der Waals surface area contributed by atoms with Crippen molar-refractivity contribution in [3.05, 3.63) is 77.3 Å². The minimum atomic E-state index is 0.930. The molecule has 0 N–H and O–H groups in total. The van der Waals surface area contributed by atoms with E-state index < -0.39 is 0 Å². The van der Waals surface area contributed by atoms with E-state index in [0.29, 0.717) is 0 Å². The predicted molar refractivity (Wildman–Crippen MR) is 97.2 cm³/mol. The third-order valence-corrected chi connectivity index (χ3v) is 4.87. The van der Waals surface area contributed by atoms with Gasteiger partial charge in [-0.25, -0.2) is 4.98 Å². The van der Waals surface area contributed by atoms with Crippen molar-refractivity contribution in [3.63, 3.8) is 0 Å². The van der Waals surface area contributed by atoms with Crippen LogP contribution in [-0.2, 0) is 0 Å². The van der Waals surface area contributed by atoms with Gasteiger partial charge in [-0.1, -0.05) is 36.4 Å². The van der Waals surface area contributed by atoms with Crippen LogP contribution in [0.25, 0.3) is 33.5 Å². The Morgan fingerprint density at radius 2 is 1.35 bits per heavy atom. The summed E-state index contributed by atoms with van der Waals surface area (Å²) in [5.41, 5.74) is 5.53. The Kier molecular flexibility index (Phi) is 2.64. The number of fused-ring (bicyclic) bond motifs is 5. The lowest BCUT2D eigenvalue weighted by atomic mass is 10.2. The van der Waals surface area contributed by atoms with Crippen LogP contribution in [0.15, 0.2) is 77.3 Å². The summed E-state index contributed by atoms with van der Waals surface area (Å²) in [6.07, 6.45) is 0. The number of para-hydroxylation sites is 5. The third-order valence-electron chi connectivity index (χ3n) is 4.20. The lowest BCUT2D eigenvalue weighted by molar-refractivity contribution is 1.10. The molecule has 2 aromatic heterocycles. The van der Waals surface area contributed by atoms with E-state index in [1.165, 1.54) is 0 Å². The highest BCUT2D eigenvalue weighted by Gasteiger charge is 2.17. The Bertz CT molecular complexity index is 1180. The maximum absolute atomic E-state index is 4.87. The van der Waals surface area contributed by atoms with Crippen LogP contribution in [0, 0.1) is 0 Å². The maximum Gasteiger partial charge on any atom is 0.220 e. The van der Waals surface area contributed by atoms with Gasteiger partial charge in [-0.2, -0.15) is 0 Å². The van der Waals surface area contributed by atoms with E-state index in [4.69, 9.17) is 4.98 Å². The first kappa shape index (κ1) is 12.9. The lowest BCUT2D eigenvalue weighted by Gasteiger charge is -2.07. The van der Waals surface area contributed by atoms with Crippen LogP contribution in [0.3, 0.4) is 0 Å². The summed E-state index contributed by atoms with van der Waals surface area (Å²) in [6, 6.07) is 24.9. The van der Waals surface area contributed by atoms with Crippen LogP contribution >= 0.6 is 15.9 Å². The molecule has 0 spiro atoms. The molecule has 0 saturated heterocycles. The molecule has 0 amide bonds. The minimum Gasteiger partial charge on any atom is -0.277 e. The van der Waals surface area contributed by atoms with Crippen LogP contribution in [-0.4, -0.2) is 14.0 Å². The van der Waals surface area contributed by atoms with Crippen molar-refractivity contribution < 1.29 is 0 Å². The molecule has 5 aromatic rings. The van der Waals surface area contributed by atoms with Gasteiger partial charge in [0, 0.05) is 4.47 Å². The fraction of sp³-hybridized carbons (Fsp3) is 0. The number of aromatic nitrogens is 3. The summed E-state index contributed by atoms with van der Waals surface area (Å²) in [7, 11) is 0. The van der Waals surface area contributed by atoms with Crippen molar-refractivity contribution in [2.24, 2.45) is 0 Å². The van der Waals surface area contributed by atoms with Gasteiger partial charge in [0.15, 0.2) is 0 Å². The normalized spacial score (nSPS) is 11.7. The second kappa shape index (κ2) is 4.70. The van der Waals surface area contributed by atoms with E-state index in [9.17, 15) is 0 Å². The first-order valence-electron chi connectivity index (χ1n) is 7.46. The number of hydrogen-bond acceptors (Lipinski definition) is 1. The van der Waals surface area contributed by atoms with Crippen LogP contribution in [0.5, 0.6) is 0 Å². The van der Waals surface area contributed by atoms with E-state index in [1.807, 2.05) is 18.2 Å². The molecule has 0 bridgehead atoms. The Morgan fingerprint density at radius 1 is 0.696 bits per heavy atom. The molecule has 0 atom stereocenters. The number of rotatable bonds is 1. The van der Waals surface area contributed by atoms with E-state index >= 15 is 0 Å². The molecule has 4 heteroatoms. The zero-order valence-corrected chi connectivity index (χ0v) is 13.7. The third kappa shape index (κ3) is 1.72. The highest BCUT2D eigenvalue weighted by atomic mass is 79.9. The highest BCUT2D eigenvalue weighted by molar-refractivity contribution is 9.10. The standard InChI is InChI=1S/C19H12BrN3/c20-13-7-1-3-9-15(13)22-17-11-5-6-12-18(17)23-16-10-4-2-8-14(16)21-19(22)23/h1-12H. The zero-order chi connectivity index (χ0) is 15.4. The molecule has 0 saturated carbocycles. The predicted octanol–water partition coefficient (Wildman–Crippen LogP) is 5.19. The number of hydrogen-bond donors (Lipinski definition) is 0. The molecule has 23 heavy (non-hydrogen) atoms. The highest BCUT2D eigenvalue weighted by Crippen LogP contribution is 2.31. The van der Waals surface area contributed by atoms with Gasteiger partial charge in [0.1, 0.15) is 0 Å². The van der Waals surface area contributed by atoms with Crippen molar-refractivity contribution in [2.45, 2.75) is 0 Å². The summed E-state index contributed by atoms with van der Waals surface area (Å²) >= 11 is 3.68. The summed E-state index contributed by atoms with van der Waals surface area (Å²) < 4.78 is 5.49. The van der Waals surface area contributed by atoms with Gasteiger partial charge in [0.05, 0.1) is 27.8 Å². The van der Waals surface area contributed by atoms with Gasteiger partial charge >= 0.3 is 0 Å². The molecule has 110 valence electrons. The second-order valence-electron chi connectivity index (χ2n) is 5.51. The van der Waals surface area contributed by atoms with Crippen molar-refractivity contribution in [1.29, 1.82) is 0 Å². The van der Waals surface area contributed by atoms with Crippen LogP contribution in [0.2, 0.25) is 0 Å². The van der Waals surface area contributed by atoms with Gasteiger partial charge in [-0.05, 0) is 52.3 Å². The molecule has 3 nitrogen and oxygen atoms in total. The molecule has 5 rings (SSSR count). The Morgan fingerprint density at radius 3 is 2.17 bits per heavy atom. The first-order valence-corrected chi connectivity index (χ1v) is 8.25. The summed E-state index contributed by atoms with van der Waals surface area (Å²) in [6.45, 7) is 0. The summed E-state index contributed by atoms with van der Waals surface area (Å²) in [5, 5.41) is 0. The SMILES string of the molecule is Brc1ccccc1-n1c2ccccc2n2c3ccccc3nc12. The monoisotopic (exact) mass is 361 g/mol. The molecule has 0 aliphatic rings. The Balaban J connectivity index is 2.07. The average Bonchev–Trinajstić information content (AvgIpc) is 3.10. The van der Waals surface area contributed by atoms with E-state index in [0.717, 1.165) is 38.0 Å². The molecule has 0 aliphatic heterocycles. The summed E-state index contributed by atoms with van der Waals surface area (Å²) in [4.78, 5) is 4.87. The molecular formula is C19H12BrN3. The molecule has 3 aromatic carbocycles. The Hall–Kier alpha value is -2.59. The van der Waals surface area contributed by atoms with Crippen LogP contribution < -0.4 is 0 Å². The van der Waals surface area contributed by atoms with Gasteiger partial charge in [-0.3, -0.25) is 8.97 Å². The second-order valence-corrected chi connectivity index (χ2v) is 6.37. The molecule has 0 unspecified atom stereocenters. The van der Waals surface area contributed by atoms with E-state index in [1.54, 1.807) is 0 Å². The van der Waals surface area contributed by atoms with E-state index in [2.05, 4.69) is 79.5 Å². The molecule has 0 fully saturated rings. The van der Waals surface area contributed by atoms with Gasteiger partial charge in [0.25, 0.3) is 0 Å². The topological polar surface area (TPSA) is 22.2 Å². The number of halogens is 1.